The summed E-state index contributed by atoms with van der Waals surface area (Å²) in [5.41, 5.74) is 6.45. The van der Waals surface area contributed by atoms with E-state index in [0.717, 1.165) is 44.0 Å². The van der Waals surface area contributed by atoms with E-state index in [2.05, 4.69) is 9.80 Å². The second kappa shape index (κ2) is 5.50. The summed E-state index contributed by atoms with van der Waals surface area (Å²) >= 11 is 0. The van der Waals surface area contributed by atoms with Crippen molar-refractivity contribution >= 4 is 5.69 Å². The minimum Gasteiger partial charge on any atom is -0.369 e. The second-order valence-electron chi connectivity index (χ2n) is 5.80. The first-order chi connectivity index (χ1) is 9.99. The number of nitrogens with two attached hydrogens (primary N) is 1. The number of benzene rings is 1. The van der Waals surface area contributed by atoms with Crippen molar-refractivity contribution in [3.8, 4) is 0 Å². The van der Waals surface area contributed by atoms with Crippen LogP contribution in [0.3, 0.4) is 0 Å². The minimum atomic E-state index is -4.31. The molecule has 2 N–H and O–H groups in total. The number of hydrogen-bond acceptors (Lipinski definition) is 3. The zero-order valence-electron chi connectivity index (χ0n) is 11.9. The molecule has 6 heteroatoms. The molecule has 0 amide bonds. The highest BCUT2D eigenvalue weighted by Crippen LogP contribution is 2.34. The van der Waals surface area contributed by atoms with E-state index in [1.54, 1.807) is 6.07 Å². The Kier molecular flexibility index (Phi) is 3.84. The third-order valence-electron chi connectivity index (χ3n) is 4.34. The van der Waals surface area contributed by atoms with Gasteiger partial charge in [0, 0.05) is 44.5 Å². The van der Waals surface area contributed by atoms with Gasteiger partial charge >= 0.3 is 6.18 Å². The summed E-state index contributed by atoms with van der Waals surface area (Å²) in [5.74, 6) is 0. The summed E-state index contributed by atoms with van der Waals surface area (Å²) < 4.78 is 38.3. The molecular weight excluding hydrogens is 279 g/mol. The van der Waals surface area contributed by atoms with E-state index in [-0.39, 0.29) is 6.54 Å². The molecule has 3 nitrogen and oxygen atoms in total. The van der Waals surface area contributed by atoms with Crippen LogP contribution >= 0.6 is 0 Å². The Morgan fingerprint density at radius 2 is 1.76 bits per heavy atom. The normalized spacial score (nSPS) is 20.9. The highest BCUT2D eigenvalue weighted by atomic mass is 19.4. The smallest absolute Gasteiger partial charge is 0.369 e. The topological polar surface area (TPSA) is 32.5 Å². The van der Waals surface area contributed by atoms with Crippen LogP contribution < -0.4 is 10.6 Å². The quantitative estimate of drug-likeness (QED) is 0.930. The maximum absolute atomic E-state index is 12.8. The molecule has 1 aliphatic carbocycles. The van der Waals surface area contributed by atoms with Gasteiger partial charge in [0.05, 0.1) is 5.56 Å². The molecule has 1 aromatic carbocycles. The fourth-order valence-corrected chi connectivity index (χ4v) is 3.00. The highest BCUT2D eigenvalue weighted by Gasteiger charge is 2.33. The van der Waals surface area contributed by atoms with Crippen molar-refractivity contribution in [2.45, 2.75) is 31.6 Å². The number of alkyl halides is 3. The Hall–Kier alpha value is -1.27. The van der Waals surface area contributed by atoms with Crippen LogP contribution in [0.2, 0.25) is 0 Å². The van der Waals surface area contributed by atoms with Crippen molar-refractivity contribution in [3.05, 3.63) is 29.3 Å². The molecule has 0 bridgehead atoms. The summed E-state index contributed by atoms with van der Waals surface area (Å²) in [7, 11) is 0. The molecule has 0 atom stereocenters. The number of piperazine rings is 1. The van der Waals surface area contributed by atoms with Gasteiger partial charge in [0.15, 0.2) is 0 Å². The number of anilines is 1. The molecular formula is C15H20F3N3. The van der Waals surface area contributed by atoms with Crippen LogP contribution in [-0.2, 0) is 12.7 Å². The predicted octanol–water partition coefficient (Wildman–Crippen LogP) is 2.45. The molecule has 21 heavy (non-hydrogen) atoms. The molecule has 2 fully saturated rings. The predicted molar refractivity (Wildman–Crippen MR) is 76.1 cm³/mol. The Bertz CT molecular complexity index is 503. The first-order valence-corrected chi connectivity index (χ1v) is 7.38. The average Bonchev–Trinajstić information content (AvgIpc) is 3.30. The Balaban J connectivity index is 1.75. The van der Waals surface area contributed by atoms with Crippen LogP contribution in [0.5, 0.6) is 0 Å². The van der Waals surface area contributed by atoms with Gasteiger partial charge in [-0.25, -0.2) is 0 Å². The van der Waals surface area contributed by atoms with Gasteiger partial charge in [0.1, 0.15) is 0 Å². The van der Waals surface area contributed by atoms with Gasteiger partial charge in [-0.05, 0) is 36.6 Å². The summed E-state index contributed by atoms with van der Waals surface area (Å²) in [6.07, 6.45) is -1.74. The van der Waals surface area contributed by atoms with Gasteiger partial charge in [-0.2, -0.15) is 13.2 Å². The van der Waals surface area contributed by atoms with Gasteiger partial charge in [-0.3, -0.25) is 4.90 Å². The van der Waals surface area contributed by atoms with Crippen LogP contribution in [0.1, 0.15) is 24.0 Å². The highest BCUT2D eigenvalue weighted by molar-refractivity contribution is 5.56. The standard InChI is InChI=1S/C15H20F3N3/c16-15(17,18)12-1-4-14(11(9-12)10-19)21-7-5-20(6-8-21)13-2-3-13/h1,4,9,13H,2-3,5-8,10,19H2. The Morgan fingerprint density at radius 1 is 1.10 bits per heavy atom. The lowest BCUT2D eigenvalue weighted by molar-refractivity contribution is -0.137. The molecule has 116 valence electrons. The molecule has 1 saturated carbocycles. The first kappa shape index (κ1) is 14.7. The first-order valence-electron chi connectivity index (χ1n) is 7.38. The molecule has 1 saturated heterocycles. The molecule has 1 aliphatic heterocycles. The van der Waals surface area contributed by atoms with E-state index in [4.69, 9.17) is 5.73 Å². The zero-order valence-corrected chi connectivity index (χ0v) is 11.9. The van der Waals surface area contributed by atoms with Crippen molar-refractivity contribution in [2.24, 2.45) is 5.73 Å². The third kappa shape index (κ3) is 3.16. The van der Waals surface area contributed by atoms with Crippen molar-refractivity contribution in [1.29, 1.82) is 0 Å². The third-order valence-corrected chi connectivity index (χ3v) is 4.34. The molecule has 0 aromatic heterocycles. The zero-order chi connectivity index (χ0) is 15.0. The van der Waals surface area contributed by atoms with Crippen LogP contribution in [0.4, 0.5) is 18.9 Å². The fraction of sp³-hybridized carbons (Fsp3) is 0.600. The molecule has 0 unspecified atom stereocenters. The van der Waals surface area contributed by atoms with Crippen molar-refractivity contribution in [1.82, 2.24) is 4.90 Å². The van der Waals surface area contributed by atoms with Crippen molar-refractivity contribution in [2.75, 3.05) is 31.1 Å². The molecule has 0 spiro atoms. The number of nitrogens with zero attached hydrogens (tertiary/aromatic N) is 2. The van der Waals surface area contributed by atoms with Gasteiger partial charge < -0.3 is 10.6 Å². The Morgan fingerprint density at radius 3 is 2.29 bits per heavy atom. The summed E-state index contributed by atoms with van der Waals surface area (Å²) in [5, 5.41) is 0. The maximum atomic E-state index is 12.8. The minimum absolute atomic E-state index is 0.127. The van der Waals surface area contributed by atoms with E-state index >= 15 is 0 Å². The second-order valence-corrected chi connectivity index (χ2v) is 5.80. The number of rotatable bonds is 3. The molecule has 3 rings (SSSR count). The molecule has 1 aromatic rings. The van der Waals surface area contributed by atoms with Crippen molar-refractivity contribution in [3.63, 3.8) is 0 Å². The van der Waals surface area contributed by atoms with Crippen LogP contribution in [-0.4, -0.2) is 37.1 Å². The fourth-order valence-electron chi connectivity index (χ4n) is 3.00. The van der Waals surface area contributed by atoms with Crippen LogP contribution in [0.15, 0.2) is 18.2 Å². The van der Waals surface area contributed by atoms with E-state index in [0.29, 0.717) is 5.56 Å². The van der Waals surface area contributed by atoms with Gasteiger partial charge in [-0.1, -0.05) is 0 Å². The SMILES string of the molecule is NCc1cc(C(F)(F)F)ccc1N1CCN(C2CC2)CC1. The summed E-state index contributed by atoms with van der Waals surface area (Å²) in [4.78, 5) is 4.63. The van der Waals surface area contributed by atoms with Crippen molar-refractivity contribution < 1.29 is 13.2 Å². The van der Waals surface area contributed by atoms with E-state index < -0.39 is 11.7 Å². The van der Waals surface area contributed by atoms with Crippen LogP contribution in [0, 0.1) is 0 Å². The molecule has 0 radical (unpaired) electrons. The Labute approximate surface area is 122 Å². The van der Waals surface area contributed by atoms with E-state index in [9.17, 15) is 13.2 Å². The largest absolute Gasteiger partial charge is 0.416 e. The monoisotopic (exact) mass is 299 g/mol. The lowest BCUT2D eigenvalue weighted by Crippen LogP contribution is -2.47. The average molecular weight is 299 g/mol. The van der Waals surface area contributed by atoms with Gasteiger partial charge in [0.2, 0.25) is 0 Å². The lowest BCUT2D eigenvalue weighted by Gasteiger charge is -2.37. The summed E-state index contributed by atoms with van der Waals surface area (Å²) in [6, 6.07) is 4.65. The lowest BCUT2D eigenvalue weighted by atomic mass is 10.1. The van der Waals surface area contributed by atoms with Crippen LogP contribution in [0.25, 0.3) is 0 Å². The molecule has 1 heterocycles. The number of hydrogen-bond donors (Lipinski definition) is 1. The van der Waals surface area contributed by atoms with Gasteiger partial charge in [-0.15, -0.1) is 0 Å². The number of halogens is 3. The van der Waals surface area contributed by atoms with E-state index in [1.807, 2.05) is 0 Å². The maximum Gasteiger partial charge on any atom is 0.416 e. The molecule has 2 aliphatic rings. The summed E-state index contributed by atoms with van der Waals surface area (Å²) in [6.45, 7) is 3.80. The van der Waals surface area contributed by atoms with Gasteiger partial charge in [0.25, 0.3) is 0 Å². The van der Waals surface area contributed by atoms with E-state index in [1.165, 1.54) is 18.9 Å².